The second-order valence-corrected chi connectivity index (χ2v) is 4.16. The summed E-state index contributed by atoms with van der Waals surface area (Å²) >= 11 is 5.86. The number of nitrogens with two attached hydrogens (primary N) is 1. The Morgan fingerprint density at radius 1 is 1.41 bits per heavy atom. The molecular weight excluding hydrogens is 242 g/mol. The summed E-state index contributed by atoms with van der Waals surface area (Å²) in [4.78, 5) is 3.98. The number of aliphatic hydroxyl groups is 1. The SMILES string of the molecule is CCCC[C@@H](CCO)Nc1nc(N)nnc1Cl. The molecule has 0 aliphatic carbocycles. The van der Waals surface area contributed by atoms with E-state index in [4.69, 9.17) is 22.4 Å². The summed E-state index contributed by atoms with van der Waals surface area (Å²) < 4.78 is 0. The maximum Gasteiger partial charge on any atom is 0.242 e. The van der Waals surface area contributed by atoms with Gasteiger partial charge in [-0.2, -0.15) is 4.98 Å². The molecule has 0 fully saturated rings. The van der Waals surface area contributed by atoms with Crippen molar-refractivity contribution in [2.45, 2.75) is 38.6 Å². The fourth-order valence-electron chi connectivity index (χ4n) is 1.51. The fourth-order valence-corrected chi connectivity index (χ4v) is 1.64. The molecule has 0 aliphatic rings. The number of halogens is 1. The van der Waals surface area contributed by atoms with Gasteiger partial charge in [0.2, 0.25) is 5.95 Å². The number of anilines is 2. The average molecular weight is 260 g/mol. The lowest BCUT2D eigenvalue weighted by Crippen LogP contribution is -2.22. The second-order valence-electron chi connectivity index (χ2n) is 3.81. The Bertz CT molecular complexity index is 349. The van der Waals surface area contributed by atoms with Crippen LogP contribution in [0.25, 0.3) is 0 Å². The number of aliphatic hydroxyl groups excluding tert-OH is 1. The van der Waals surface area contributed by atoms with E-state index in [0.29, 0.717) is 12.2 Å². The minimum Gasteiger partial charge on any atom is -0.396 e. The van der Waals surface area contributed by atoms with Crippen LogP contribution in [0.3, 0.4) is 0 Å². The zero-order valence-electron chi connectivity index (χ0n) is 9.86. The maximum absolute atomic E-state index is 8.99. The molecule has 4 N–H and O–H groups in total. The summed E-state index contributed by atoms with van der Waals surface area (Å²) in [5.74, 6) is 0.504. The Hall–Kier alpha value is -1.14. The number of hydrogen-bond acceptors (Lipinski definition) is 6. The fraction of sp³-hybridized carbons (Fsp3) is 0.700. The minimum absolute atomic E-state index is 0.0788. The van der Waals surface area contributed by atoms with Crippen LogP contribution in [0.4, 0.5) is 11.8 Å². The van der Waals surface area contributed by atoms with Gasteiger partial charge in [-0.25, -0.2) is 0 Å². The summed E-state index contributed by atoms with van der Waals surface area (Å²) in [5, 5.41) is 19.5. The van der Waals surface area contributed by atoms with Gasteiger partial charge in [0, 0.05) is 12.6 Å². The number of nitrogens with one attached hydrogen (secondary N) is 1. The molecule has 96 valence electrons. The van der Waals surface area contributed by atoms with Gasteiger partial charge in [0.05, 0.1) is 0 Å². The highest BCUT2D eigenvalue weighted by atomic mass is 35.5. The van der Waals surface area contributed by atoms with E-state index in [1.54, 1.807) is 0 Å². The summed E-state index contributed by atoms with van der Waals surface area (Å²) in [5.41, 5.74) is 5.44. The van der Waals surface area contributed by atoms with Gasteiger partial charge in [-0.3, -0.25) is 0 Å². The summed E-state index contributed by atoms with van der Waals surface area (Å²) in [7, 11) is 0. The van der Waals surface area contributed by atoms with E-state index in [9.17, 15) is 0 Å². The van der Waals surface area contributed by atoms with Crippen molar-refractivity contribution in [1.82, 2.24) is 15.2 Å². The van der Waals surface area contributed by atoms with Crippen LogP contribution >= 0.6 is 11.6 Å². The molecule has 7 heteroatoms. The van der Waals surface area contributed by atoms with Crippen molar-refractivity contribution >= 4 is 23.4 Å². The number of aromatic nitrogens is 3. The topological polar surface area (TPSA) is 97.0 Å². The number of nitrogen functional groups attached to an aromatic ring is 1. The molecule has 0 aliphatic heterocycles. The predicted molar refractivity (Wildman–Crippen MR) is 67.9 cm³/mol. The molecule has 17 heavy (non-hydrogen) atoms. The molecule has 6 nitrogen and oxygen atoms in total. The Balaban J connectivity index is 2.67. The van der Waals surface area contributed by atoms with Gasteiger partial charge in [-0.1, -0.05) is 31.4 Å². The first-order valence-corrected chi connectivity index (χ1v) is 6.08. The van der Waals surface area contributed by atoms with Crippen LogP contribution in [-0.4, -0.2) is 32.9 Å². The lowest BCUT2D eigenvalue weighted by Gasteiger charge is -2.18. The van der Waals surface area contributed by atoms with E-state index >= 15 is 0 Å². The Kier molecular flexibility index (Phi) is 5.93. The molecule has 1 aromatic heterocycles. The standard InChI is InChI=1S/C10H18ClN5O/c1-2-3-4-7(5-6-17)13-9-8(11)15-16-10(12)14-9/h7,17H,2-6H2,1H3,(H3,12,13,14,16)/t7-/m0/s1. The van der Waals surface area contributed by atoms with Crippen LogP contribution in [0.2, 0.25) is 5.15 Å². The van der Waals surface area contributed by atoms with Gasteiger partial charge in [0.1, 0.15) is 0 Å². The highest BCUT2D eigenvalue weighted by molar-refractivity contribution is 6.31. The third-order valence-electron chi connectivity index (χ3n) is 2.39. The molecule has 0 amide bonds. The molecule has 0 saturated heterocycles. The lowest BCUT2D eigenvalue weighted by molar-refractivity contribution is 0.276. The van der Waals surface area contributed by atoms with E-state index in [1.807, 2.05) is 0 Å². The summed E-state index contributed by atoms with van der Waals surface area (Å²) in [6.07, 6.45) is 3.75. The van der Waals surface area contributed by atoms with Gasteiger partial charge in [0.15, 0.2) is 11.0 Å². The van der Waals surface area contributed by atoms with Gasteiger partial charge in [0.25, 0.3) is 0 Å². The first-order chi connectivity index (χ1) is 8.17. The van der Waals surface area contributed by atoms with Crippen molar-refractivity contribution < 1.29 is 5.11 Å². The number of unbranched alkanes of at least 4 members (excludes halogenated alkanes) is 1. The Morgan fingerprint density at radius 3 is 2.82 bits per heavy atom. The van der Waals surface area contributed by atoms with Gasteiger partial charge in [-0.15, -0.1) is 10.2 Å². The van der Waals surface area contributed by atoms with Crippen molar-refractivity contribution in [3.8, 4) is 0 Å². The van der Waals surface area contributed by atoms with Crippen LogP contribution in [0.1, 0.15) is 32.6 Å². The number of hydrogen-bond donors (Lipinski definition) is 3. The third kappa shape index (κ3) is 4.70. The van der Waals surface area contributed by atoms with Crippen LogP contribution in [0.15, 0.2) is 0 Å². The monoisotopic (exact) mass is 259 g/mol. The first-order valence-electron chi connectivity index (χ1n) is 5.70. The zero-order valence-corrected chi connectivity index (χ0v) is 10.6. The van der Waals surface area contributed by atoms with Crippen molar-refractivity contribution in [3.63, 3.8) is 0 Å². The maximum atomic E-state index is 8.99. The normalized spacial score (nSPS) is 12.4. The second kappa shape index (κ2) is 7.24. The van der Waals surface area contributed by atoms with E-state index in [1.165, 1.54) is 0 Å². The van der Waals surface area contributed by atoms with Crippen LogP contribution in [0.5, 0.6) is 0 Å². The largest absolute Gasteiger partial charge is 0.396 e. The lowest BCUT2D eigenvalue weighted by atomic mass is 10.1. The molecule has 1 aromatic rings. The highest BCUT2D eigenvalue weighted by Gasteiger charge is 2.12. The third-order valence-corrected chi connectivity index (χ3v) is 2.64. The molecule has 0 saturated carbocycles. The molecular formula is C10H18ClN5O. The summed E-state index contributed by atoms with van der Waals surface area (Å²) in [6, 6.07) is 0.119. The Labute approximate surface area is 106 Å². The quantitative estimate of drug-likeness (QED) is 0.686. The predicted octanol–water partition coefficient (Wildman–Crippen LogP) is 1.46. The number of nitrogens with zero attached hydrogens (tertiary/aromatic N) is 3. The molecule has 0 unspecified atom stereocenters. The Morgan fingerprint density at radius 2 is 2.18 bits per heavy atom. The molecule has 1 heterocycles. The average Bonchev–Trinajstić information content (AvgIpc) is 2.31. The van der Waals surface area contributed by atoms with E-state index in [2.05, 4.69) is 27.4 Å². The number of rotatable bonds is 7. The van der Waals surface area contributed by atoms with Crippen LogP contribution in [-0.2, 0) is 0 Å². The van der Waals surface area contributed by atoms with Gasteiger partial charge >= 0.3 is 0 Å². The molecule has 1 atom stereocenters. The first kappa shape index (κ1) is 13.9. The van der Waals surface area contributed by atoms with Crippen molar-refractivity contribution in [2.24, 2.45) is 0 Å². The van der Waals surface area contributed by atoms with E-state index in [0.717, 1.165) is 19.3 Å². The highest BCUT2D eigenvalue weighted by Crippen LogP contribution is 2.19. The smallest absolute Gasteiger partial charge is 0.242 e. The molecule has 0 bridgehead atoms. The van der Waals surface area contributed by atoms with Crippen molar-refractivity contribution in [1.29, 1.82) is 0 Å². The summed E-state index contributed by atoms with van der Waals surface area (Å²) in [6.45, 7) is 2.24. The van der Waals surface area contributed by atoms with E-state index < -0.39 is 0 Å². The van der Waals surface area contributed by atoms with Gasteiger partial charge in [-0.05, 0) is 12.8 Å². The molecule has 0 radical (unpaired) electrons. The van der Waals surface area contributed by atoms with Crippen molar-refractivity contribution in [2.75, 3.05) is 17.7 Å². The van der Waals surface area contributed by atoms with Crippen LogP contribution in [0, 0.1) is 0 Å². The molecule has 0 spiro atoms. The van der Waals surface area contributed by atoms with E-state index in [-0.39, 0.29) is 23.8 Å². The van der Waals surface area contributed by atoms with Crippen LogP contribution < -0.4 is 11.1 Å². The molecule has 1 rings (SSSR count). The molecule has 0 aromatic carbocycles. The zero-order chi connectivity index (χ0) is 12.7. The minimum atomic E-state index is 0.0788. The van der Waals surface area contributed by atoms with Gasteiger partial charge < -0.3 is 16.2 Å². The van der Waals surface area contributed by atoms with Crippen molar-refractivity contribution in [3.05, 3.63) is 5.15 Å².